The number of benzene rings is 1. The van der Waals surface area contributed by atoms with Crippen LogP contribution in [0.4, 0.5) is 0 Å². The summed E-state index contributed by atoms with van der Waals surface area (Å²) in [5.74, 6) is 0. The van der Waals surface area contributed by atoms with Crippen LogP contribution in [0.5, 0.6) is 0 Å². The van der Waals surface area contributed by atoms with Crippen LogP contribution in [0.25, 0.3) is 10.9 Å². The van der Waals surface area contributed by atoms with Gasteiger partial charge in [0.05, 0.1) is 0 Å². The molecule has 0 radical (unpaired) electrons. The maximum atomic E-state index is 8.35. The largest absolute Gasteiger partial charge is 0.361 e. The quantitative estimate of drug-likeness (QED) is 0.769. The highest BCUT2D eigenvalue weighted by atomic mass is 14.9. The number of H-pyrrole nitrogens is 1. The van der Waals surface area contributed by atoms with E-state index in [1.54, 1.807) is 0 Å². The summed E-state index contributed by atoms with van der Waals surface area (Å²) in [6, 6.07) is 7.82. The number of nitrogens with one attached hydrogen (secondary N) is 2. The van der Waals surface area contributed by atoms with Crippen LogP contribution in [0.1, 0.15) is 21.1 Å². The maximum Gasteiger partial charge on any atom is 0.0456 e. The highest BCUT2D eigenvalue weighted by molar-refractivity contribution is 5.83. The van der Waals surface area contributed by atoms with E-state index in [9.17, 15) is 0 Å². The molecule has 0 aliphatic carbocycles. The standard InChI is InChI=1S/C13H16N2/c1-2-6-13-12(5-1)10(9-15-13)8-11-4-3-7-14-11/h1-2,5-6,9,11,14-15H,3-4,7-8H2/t11-/m1/s1/i8D2. The molecular formula is C13H16N2. The molecule has 1 aromatic heterocycles. The van der Waals surface area contributed by atoms with Crippen molar-refractivity contribution in [3.8, 4) is 0 Å². The summed E-state index contributed by atoms with van der Waals surface area (Å²) in [6.07, 6.45) is 2.47. The number of fused-ring (bicyclic) bond motifs is 1. The third kappa shape index (κ3) is 1.65. The zero-order valence-electron chi connectivity index (χ0n) is 10.6. The maximum absolute atomic E-state index is 8.35. The van der Waals surface area contributed by atoms with Crippen LogP contribution >= 0.6 is 0 Å². The van der Waals surface area contributed by atoms with Crippen molar-refractivity contribution in [2.45, 2.75) is 25.3 Å². The molecule has 15 heavy (non-hydrogen) atoms. The highest BCUT2D eigenvalue weighted by Crippen LogP contribution is 2.21. The third-order valence-corrected chi connectivity index (χ3v) is 2.98. The smallest absolute Gasteiger partial charge is 0.0456 e. The summed E-state index contributed by atoms with van der Waals surface area (Å²) >= 11 is 0. The van der Waals surface area contributed by atoms with Gasteiger partial charge in [0.2, 0.25) is 0 Å². The minimum atomic E-state index is -1.31. The van der Waals surface area contributed by atoms with E-state index in [-0.39, 0.29) is 6.04 Å². The minimum Gasteiger partial charge on any atom is -0.361 e. The molecule has 2 aromatic rings. The first kappa shape index (κ1) is 7.07. The predicted molar refractivity (Wildman–Crippen MR) is 63.0 cm³/mol. The molecule has 1 aliphatic rings. The fourth-order valence-electron chi connectivity index (χ4n) is 2.19. The number of aromatic nitrogens is 1. The Balaban J connectivity index is 2.07. The Hall–Kier alpha value is -1.28. The number of para-hydroxylation sites is 1. The first-order chi connectivity index (χ1) is 8.19. The molecule has 0 unspecified atom stereocenters. The number of rotatable bonds is 2. The lowest BCUT2D eigenvalue weighted by atomic mass is 10.0. The topological polar surface area (TPSA) is 27.8 Å². The van der Waals surface area contributed by atoms with Crippen molar-refractivity contribution in [2.24, 2.45) is 0 Å². The molecule has 0 bridgehead atoms. The van der Waals surface area contributed by atoms with E-state index in [1.807, 2.05) is 30.5 Å². The van der Waals surface area contributed by atoms with Crippen LogP contribution in [0, 0.1) is 0 Å². The summed E-state index contributed by atoms with van der Waals surface area (Å²) in [6.45, 7) is 0.923. The predicted octanol–water partition coefficient (Wildman–Crippen LogP) is 2.46. The molecule has 0 amide bonds. The molecule has 1 aromatic carbocycles. The minimum absolute atomic E-state index is 0.0679. The fourth-order valence-corrected chi connectivity index (χ4v) is 2.19. The summed E-state index contributed by atoms with van der Waals surface area (Å²) < 4.78 is 16.7. The molecule has 2 N–H and O–H groups in total. The molecule has 1 saturated heterocycles. The van der Waals surface area contributed by atoms with Gasteiger partial charge >= 0.3 is 0 Å². The van der Waals surface area contributed by atoms with Crippen LogP contribution in [0.15, 0.2) is 30.5 Å². The molecule has 1 fully saturated rings. The molecule has 2 heteroatoms. The van der Waals surface area contributed by atoms with Crippen molar-refractivity contribution in [2.75, 3.05) is 6.54 Å². The number of hydrogen-bond acceptors (Lipinski definition) is 1. The second-order valence-corrected chi connectivity index (χ2v) is 4.04. The van der Waals surface area contributed by atoms with E-state index in [4.69, 9.17) is 2.74 Å². The summed E-state index contributed by atoms with van der Waals surface area (Å²) in [4.78, 5) is 3.15. The molecule has 3 rings (SSSR count). The molecule has 78 valence electrons. The second kappa shape index (κ2) is 3.70. The van der Waals surface area contributed by atoms with Crippen LogP contribution < -0.4 is 5.32 Å². The fraction of sp³-hybridized carbons (Fsp3) is 0.385. The van der Waals surface area contributed by atoms with Crippen molar-refractivity contribution in [1.82, 2.24) is 10.3 Å². The third-order valence-electron chi connectivity index (χ3n) is 2.98. The molecular weight excluding hydrogens is 184 g/mol. The van der Waals surface area contributed by atoms with E-state index in [0.717, 1.165) is 35.9 Å². The number of hydrogen-bond donors (Lipinski definition) is 2. The average Bonchev–Trinajstić information content (AvgIpc) is 2.99. The van der Waals surface area contributed by atoms with Gasteiger partial charge in [-0.05, 0) is 37.4 Å². The Labute approximate surface area is 92.5 Å². The van der Waals surface area contributed by atoms with Crippen molar-refractivity contribution in [3.05, 3.63) is 36.0 Å². The Bertz CT molecular complexity index is 527. The van der Waals surface area contributed by atoms with Gasteiger partial charge in [-0.2, -0.15) is 0 Å². The Morgan fingerprint density at radius 3 is 3.20 bits per heavy atom. The second-order valence-electron chi connectivity index (χ2n) is 4.04. The molecule has 1 aliphatic heterocycles. The monoisotopic (exact) mass is 202 g/mol. The average molecular weight is 202 g/mol. The molecule has 2 nitrogen and oxygen atoms in total. The Morgan fingerprint density at radius 2 is 2.33 bits per heavy atom. The van der Waals surface area contributed by atoms with Gasteiger partial charge in [0.1, 0.15) is 0 Å². The van der Waals surface area contributed by atoms with Crippen molar-refractivity contribution < 1.29 is 2.74 Å². The number of aromatic amines is 1. The van der Waals surface area contributed by atoms with Crippen LogP contribution in [0.2, 0.25) is 0 Å². The van der Waals surface area contributed by atoms with Gasteiger partial charge in [-0.1, -0.05) is 18.2 Å². The van der Waals surface area contributed by atoms with Crippen LogP contribution in [-0.4, -0.2) is 17.6 Å². The van der Waals surface area contributed by atoms with Gasteiger partial charge in [-0.3, -0.25) is 0 Å². The van der Waals surface area contributed by atoms with E-state index >= 15 is 0 Å². The van der Waals surface area contributed by atoms with Gasteiger partial charge in [0.15, 0.2) is 0 Å². The zero-order valence-corrected chi connectivity index (χ0v) is 8.59. The van der Waals surface area contributed by atoms with Crippen molar-refractivity contribution in [3.63, 3.8) is 0 Å². The molecule has 1 atom stereocenters. The van der Waals surface area contributed by atoms with E-state index in [0.29, 0.717) is 0 Å². The summed E-state index contributed by atoms with van der Waals surface area (Å²) in [5, 5.41) is 4.25. The lowest BCUT2D eigenvalue weighted by Gasteiger charge is -2.08. The van der Waals surface area contributed by atoms with Gasteiger partial charge in [-0.25, -0.2) is 0 Å². The lowest BCUT2D eigenvalue weighted by molar-refractivity contribution is 0.605. The van der Waals surface area contributed by atoms with Crippen LogP contribution in [-0.2, 0) is 6.37 Å². The normalized spacial score (nSPS) is 24.1. The van der Waals surface area contributed by atoms with E-state index < -0.39 is 6.37 Å². The van der Waals surface area contributed by atoms with Crippen molar-refractivity contribution >= 4 is 10.9 Å². The molecule has 0 saturated carbocycles. The Morgan fingerprint density at radius 1 is 1.40 bits per heavy atom. The lowest BCUT2D eigenvalue weighted by Crippen LogP contribution is -2.23. The van der Waals surface area contributed by atoms with Gasteiger partial charge in [0, 0.05) is 25.9 Å². The van der Waals surface area contributed by atoms with Gasteiger partial charge in [0.25, 0.3) is 0 Å². The van der Waals surface area contributed by atoms with E-state index in [1.165, 1.54) is 0 Å². The van der Waals surface area contributed by atoms with Crippen LogP contribution in [0.3, 0.4) is 0 Å². The van der Waals surface area contributed by atoms with Gasteiger partial charge < -0.3 is 10.3 Å². The molecule has 2 heterocycles. The summed E-state index contributed by atoms with van der Waals surface area (Å²) in [7, 11) is 0. The first-order valence-electron chi connectivity index (χ1n) is 6.49. The summed E-state index contributed by atoms with van der Waals surface area (Å²) in [5.41, 5.74) is 1.77. The van der Waals surface area contributed by atoms with Crippen molar-refractivity contribution in [1.29, 1.82) is 0 Å². The van der Waals surface area contributed by atoms with E-state index in [2.05, 4.69) is 10.3 Å². The molecule has 0 spiro atoms. The van der Waals surface area contributed by atoms with Gasteiger partial charge in [-0.15, -0.1) is 0 Å². The highest BCUT2D eigenvalue weighted by Gasteiger charge is 2.15. The SMILES string of the molecule is [2H]C([2H])(c1c[nH]c2ccccc12)[C@H]1CCCN1. The zero-order chi connectivity index (χ0) is 11.9. The Kier molecular flexibility index (Phi) is 1.75. The first-order valence-corrected chi connectivity index (χ1v) is 5.49.